The zero-order valence-electron chi connectivity index (χ0n) is 9.32. The van der Waals surface area contributed by atoms with E-state index >= 15 is 0 Å². The second kappa shape index (κ2) is 4.82. The highest BCUT2D eigenvalue weighted by Crippen LogP contribution is 2.26. The van der Waals surface area contributed by atoms with Crippen LogP contribution in [0.15, 0.2) is 50.5 Å². The fourth-order valence-electron chi connectivity index (χ4n) is 1.81. The Bertz CT molecular complexity index is 621. The van der Waals surface area contributed by atoms with Crippen LogP contribution < -0.4 is 5.32 Å². The molecule has 1 aromatic carbocycles. The van der Waals surface area contributed by atoms with E-state index in [0.29, 0.717) is 0 Å². The maximum Gasteiger partial charge on any atom is 0.152 e. The summed E-state index contributed by atoms with van der Waals surface area (Å²) in [5, 5.41) is 3.29. The Hall–Kier alpha value is -1.20. The van der Waals surface area contributed by atoms with Gasteiger partial charge in [0.15, 0.2) is 5.84 Å². The van der Waals surface area contributed by atoms with Crippen molar-refractivity contribution < 1.29 is 0 Å². The molecule has 18 heavy (non-hydrogen) atoms. The van der Waals surface area contributed by atoms with Crippen LogP contribution in [0.5, 0.6) is 0 Å². The average molecular weight is 367 g/mol. The third-order valence-corrected chi connectivity index (χ3v) is 3.65. The summed E-state index contributed by atoms with van der Waals surface area (Å²) >= 11 is 6.84. The Kier molecular flexibility index (Phi) is 3.18. The van der Waals surface area contributed by atoms with Crippen molar-refractivity contribution in [1.29, 1.82) is 0 Å². The molecule has 0 saturated carbocycles. The minimum atomic E-state index is 0.769. The van der Waals surface area contributed by atoms with Crippen LogP contribution in [0, 0.1) is 0 Å². The number of pyridine rings is 1. The molecule has 0 bridgehead atoms. The van der Waals surface area contributed by atoms with E-state index in [1.165, 1.54) is 5.56 Å². The molecular formula is C13H9Br2N3. The first-order valence-electron chi connectivity index (χ1n) is 5.45. The summed E-state index contributed by atoms with van der Waals surface area (Å²) in [6.07, 6.45) is 1.77. The van der Waals surface area contributed by atoms with Crippen molar-refractivity contribution in [3.8, 4) is 0 Å². The first-order chi connectivity index (χ1) is 8.72. The first kappa shape index (κ1) is 11.9. The van der Waals surface area contributed by atoms with Crippen molar-refractivity contribution in [3.63, 3.8) is 0 Å². The number of hydrogen-bond donors (Lipinski definition) is 1. The number of fused-ring (bicyclic) bond motifs is 1. The summed E-state index contributed by atoms with van der Waals surface area (Å²) in [6, 6.07) is 10.0. The van der Waals surface area contributed by atoms with E-state index in [1.54, 1.807) is 6.20 Å². The van der Waals surface area contributed by atoms with Crippen molar-refractivity contribution in [2.45, 2.75) is 6.54 Å². The number of aromatic nitrogens is 1. The zero-order chi connectivity index (χ0) is 12.5. The van der Waals surface area contributed by atoms with Crippen LogP contribution in [-0.4, -0.2) is 10.8 Å². The van der Waals surface area contributed by atoms with Crippen LogP contribution in [0.3, 0.4) is 0 Å². The van der Waals surface area contributed by atoms with Crippen LogP contribution in [0.4, 0.5) is 5.69 Å². The van der Waals surface area contributed by atoms with Crippen molar-refractivity contribution >= 4 is 43.4 Å². The molecule has 0 amide bonds. The van der Waals surface area contributed by atoms with Gasteiger partial charge in [-0.1, -0.05) is 15.9 Å². The predicted molar refractivity (Wildman–Crippen MR) is 79.1 cm³/mol. The van der Waals surface area contributed by atoms with Crippen LogP contribution in [0.25, 0.3) is 0 Å². The summed E-state index contributed by atoms with van der Waals surface area (Å²) in [5.74, 6) is 0.817. The number of aliphatic imine (C=N–C) groups is 1. The number of hydrogen-bond acceptors (Lipinski definition) is 3. The van der Waals surface area contributed by atoms with Crippen molar-refractivity contribution in [1.82, 2.24) is 10.3 Å². The lowest BCUT2D eigenvalue weighted by atomic mass is 10.1. The molecule has 1 aliphatic rings. The van der Waals surface area contributed by atoms with Crippen molar-refractivity contribution in [3.05, 3.63) is 56.7 Å². The van der Waals surface area contributed by atoms with Gasteiger partial charge in [-0.2, -0.15) is 0 Å². The summed E-state index contributed by atoms with van der Waals surface area (Å²) in [5.41, 5.74) is 3.04. The Balaban J connectivity index is 2.00. The lowest BCUT2D eigenvalue weighted by molar-refractivity contribution is 0.886. The number of amidine groups is 1. The molecule has 0 radical (unpaired) electrons. The SMILES string of the molecule is Brc1ccc(C2=Nc3ccc(Br)cc3CN2)nc1. The first-order valence-corrected chi connectivity index (χ1v) is 7.04. The molecule has 0 aliphatic carbocycles. The van der Waals surface area contributed by atoms with E-state index in [9.17, 15) is 0 Å². The summed E-state index contributed by atoms with van der Waals surface area (Å²) in [4.78, 5) is 8.94. The highest BCUT2D eigenvalue weighted by atomic mass is 79.9. The van der Waals surface area contributed by atoms with Crippen LogP contribution >= 0.6 is 31.9 Å². The standard InChI is InChI=1S/C13H9Br2N3/c14-9-1-3-11-8(5-9)6-17-13(18-11)12-4-2-10(15)7-16-12/h1-5,7H,6H2,(H,17,18). The van der Waals surface area contributed by atoms with Gasteiger partial charge in [0, 0.05) is 21.7 Å². The third-order valence-electron chi connectivity index (χ3n) is 2.69. The van der Waals surface area contributed by atoms with E-state index < -0.39 is 0 Å². The average Bonchev–Trinajstić information content (AvgIpc) is 2.39. The maximum absolute atomic E-state index is 4.59. The second-order valence-corrected chi connectivity index (χ2v) is 5.78. The number of nitrogens with one attached hydrogen (secondary N) is 1. The van der Waals surface area contributed by atoms with Gasteiger partial charge in [-0.25, -0.2) is 4.99 Å². The quantitative estimate of drug-likeness (QED) is 0.833. The normalized spacial score (nSPS) is 13.6. The minimum absolute atomic E-state index is 0.769. The Morgan fingerprint density at radius 3 is 2.67 bits per heavy atom. The molecule has 0 saturated heterocycles. The fourth-order valence-corrected chi connectivity index (χ4v) is 2.45. The number of benzene rings is 1. The summed E-state index contributed by atoms with van der Waals surface area (Å²) in [7, 11) is 0. The molecule has 2 aromatic rings. The van der Waals surface area contributed by atoms with Crippen LogP contribution in [0.1, 0.15) is 11.3 Å². The fraction of sp³-hybridized carbons (Fsp3) is 0.0769. The monoisotopic (exact) mass is 365 g/mol. The van der Waals surface area contributed by atoms with E-state index in [4.69, 9.17) is 0 Å². The van der Waals surface area contributed by atoms with Gasteiger partial charge in [0.2, 0.25) is 0 Å². The highest BCUT2D eigenvalue weighted by molar-refractivity contribution is 9.10. The van der Waals surface area contributed by atoms with Gasteiger partial charge in [0.05, 0.1) is 5.69 Å². The highest BCUT2D eigenvalue weighted by Gasteiger charge is 2.13. The van der Waals surface area contributed by atoms with E-state index in [0.717, 1.165) is 32.7 Å². The smallest absolute Gasteiger partial charge is 0.152 e. The molecule has 0 unspecified atom stereocenters. The molecule has 0 fully saturated rings. The molecule has 0 atom stereocenters. The van der Waals surface area contributed by atoms with Gasteiger partial charge in [-0.05, 0) is 51.8 Å². The molecule has 90 valence electrons. The third kappa shape index (κ3) is 2.33. The lowest BCUT2D eigenvalue weighted by Crippen LogP contribution is -2.27. The number of halogens is 2. The molecule has 0 spiro atoms. The van der Waals surface area contributed by atoms with Gasteiger partial charge < -0.3 is 5.32 Å². The van der Waals surface area contributed by atoms with Crippen LogP contribution in [0.2, 0.25) is 0 Å². The molecule has 1 aliphatic heterocycles. The van der Waals surface area contributed by atoms with Gasteiger partial charge in [-0.15, -0.1) is 0 Å². The minimum Gasteiger partial charge on any atom is -0.364 e. The van der Waals surface area contributed by atoms with Gasteiger partial charge in [-0.3, -0.25) is 4.98 Å². The summed E-state index contributed by atoms with van der Waals surface area (Å²) in [6.45, 7) is 0.769. The largest absolute Gasteiger partial charge is 0.364 e. The van der Waals surface area contributed by atoms with Gasteiger partial charge >= 0.3 is 0 Å². The molecule has 1 N–H and O–H groups in total. The molecular weight excluding hydrogens is 358 g/mol. The van der Waals surface area contributed by atoms with Crippen molar-refractivity contribution in [2.24, 2.45) is 4.99 Å². The van der Waals surface area contributed by atoms with E-state index in [1.807, 2.05) is 24.3 Å². The number of nitrogens with zero attached hydrogens (tertiary/aromatic N) is 2. The summed E-state index contributed by atoms with van der Waals surface area (Å²) < 4.78 is 2.04. The molecule has 3 nitrogen and oxygen atoms in total. The second-order valence-electron chi connectivity index (χ2n) is 3.95. The predicted octanol–water partition coefficient (Wildman–Crippen LogP) is 3.79. The molecule has 1 aromatic heterocycles. The molecule has 3 rings (SSSR count). The Labute approximate surface area is 122 Å². The van der Waals surface area contributed by atoms with E-state index in [-0.39, 0.29) is 0 Å². The number of rotatable bonds is 1. The Morgan fingerprint density at radius 1 is 1.06 bits per heavy atom. The van der Waals surface area contributed by atoms with Crippen LogP contribution in [-0.2, 0) is 6.54 Å². The lowest BCUT2D eigenvalue weighted by Gasteiger charge is -2.17. The van der Waals surface area contributed by atoms with E-state index in [2.05, 4.69) is 53.2 Å². The molecule has 5 heteroatoms. The van der Waals surface area contributed by atoms with Gasteiger partial charge in [0.1, 0.15) is 5.69 Å². The zero-order valence-corrected chi connectivity index (χ0v) is 12.5. The topological polar surface area (TPSA) is 37.3 Å². The Morgan fingerprint density at radius 2 is 1.89 bits per heavy atom. The maximum atomic E-state index is 4.59. The van der Waals surface area contributed by atoms with Crippen molar-refractivity contribution in [2.75, 3.05) is 0 Å². The molecule has 2 heterocycles. The van der Waals surface area contributed by atoms with Gasteiger partial charge in [0.25, 0.3) is 0 Å².